The lowest BCUT2D eigenvalue weighted by Gasteiger charge is -2.08. The molecule has 0 bridgehead atoms. The van der Waals surface area contributed by atoms with Crippen LogP contribution in [0, 0.1) is 0 Å². The van der Waals surface area contributed by atoms with E-state index in [2.05, 4.69) is 15.4 Å². The molecule has 2 aromatic heterocycles. The Balaban J connectivity index is 1.60. The molecule has 28 heavy (non-hydrogen) atoms. The van der Waals surface area contributed by atoms with Gasteiger partial charge in [-0.3, -0.25) is 0 Å². The second kappa shape index (κ2) is 7.50. The zero-order valence-corrected chi connectivity index (χ0v) is 15.9. The molecule has 0 aliphatic carbocycles. The Kier molecular flexibility index (Phi) is 4.90. The highest BCUT2D eigenvalue weighted by Gasteiger charge is 2.10. The van der Waals surface area contributed by atoms with Crippen molar-refractivity contribution in [2.24, 2.45) is 0 Å². The molecule has 6 nitrogen and oxygen atoms in total. The van der Waals surface area contributed by atoms with Gasteiger partial charge in [-0.2, -0.15) is 0 Å². The fourth-order valence-corrected chi connectivity index (χ4v) is 3.11. The number of imidazole rings is 1. The first kappa shape index (κ1) is 18.3. The summed E-state index contributed by atoms with van der Waals surface area (Å²) in [6.07, 6.45) is 1.71. The van der Waals surface area contributed by atoms with Crippen LogP contribution in [-0.2, 0) is 6.54 Å². The van der Waals surface area contributed by atoms with Crippen LogP contribution in [0.15, 0.2) is 60.8 Å². The average molecular weight is 413 g/mol. The number of aromatic nitrogens is 3. The fraction of sp³-hybridized carbons (Fsp3) is 0.0500. The number of fused-ring (bicyclic) bond motifs is 1. The number of carbonyl (C=O) groups is 1. The molecule has 0 unspecified atom stereocenters. The van der Waals surface area contributed by atoms with E-state index in [4.69, 9.17) is 28.3 Å². The van der Waals surface area contributed by atoms with Crippen molar-refractivity contribution in [1.82, 2.24) is 14.6 Å². The summed E-state index contributed by atoms with van der Waals surface area (Å²) in [6, 6.07) is 15.8. The third kappa shape index (κ3) is 3.65. The first-order valence-corrected chi connectivity index (χ1v) is 9.13. The maximum Gasteiger partial charge on any atom is 0.335 e. The zero-order valence-electron chi connectivity index (χ0n) is 14.4. The monoisotopic (exact) mass is 412 g/mol. The molecule has 2 aromatic carbocycles. The summed E-state index contributed by atoms with van der Waals surface area (Å²) in [6.45, 7) is 0.534. The van der Waals surface area contributed by atoms with E-state index < -0.39 is 5.97 Å². The van der Waals surface area contributed by atoms with E-state index in [1.165, 1.54) is 0 Å². The number of hydrogen-bond acceptors (Lipinski definition) is 4. The fourth-order valence-electron chi connectivity index (χ4n) is 2.79. The summed E-state index contributed by atoms with van der Waals surface area (Å²) in [7, 11) is 0. The lowest BCUT2D eigenvalue weighted by Crippen LogP contribution is -2.04. The summed E-state index contributed by atoms with van der Waals surface area (Å²) in [5.41, 5.74) is 3.50. The van der Waals surface area contributed by atoms with E-state index in [0.29, 0.717) is 28.1 Å². The number of anilines is 1. The van der Waals surface area contributed by atoms with Crippen LogP contribution in [0.5, 0.6) is 0 Å². The van der Waals surface area contributed by atoms with E-state index in [9.17, 15) is 4.79 Å². The number of halogens is 2. The Morgan fingerprint density at radius 2 is 1.82 bits per heavy atom. The molecule has 0 radical (unpaired) electrons. The second-order valence-electron chi connectivity index (χ2n) is 6.12. The summed E-state index contributed by atoms with van der Waals surface area (Å²) in [5.74, 6) is -0.295. The van der Waals surface area contributed by atoms with Crippen molar-refractivity contribution < 1.29 is 9.90 Å². The van der Waals surface area contributed by atoms with E-state index in [0.717, 1.165) is 16.8 Å². The van der Waals surface area contributed by atoms with Crippen molar-refractivity contribution in [3.05, 3.63) is 82.0 Å². The van der Waals surface area contributed by atoms with Crippen molar-refractivity contribution in [1.29, 1.82) is 0 Å². The molecule has 8 heteroatoms. The Morgan fingerprint density at radius 3 is 2.54 bits per heavy atom. The lowest BCUT2D eigenvalue weighted by molar-refractivity contribution is 0.0697. The summed E-state index contributed by atoms with van der Waals surface area (Å²) < 4.78 is 1.72. The molecule has 140 valence electrons. The largest absolute Gasteiger partial charge is 0.478 e. The highest BCUT2D eigenvalue weighted by Crippen LogP contribution is 2.24. The van der Waals surface area contributed by atoms with Crippen LogP contribution < -0.4 is 5.32 Å². The number of benzene rings is 2. The van der Waals surface area contributed by atoms with Crippen LogP contribution in [0.3, 0.4) is 0 Å². The molecule has 0 saturated heterocycles. The number of carboxylic acid groups (broad SMARTS) is 1. The number of carboxylic acids is 1. The Morgan fingerprint density at radius 1 is 1.04 bits per heavy atom. The van der Waals surface area contributed by atoms with Gasteiger partial charge in [0.05, 0.1) is 27.5 Å². The van der Waals surface area contributed by atoms with Crippen molar-refractivity contribution in [2.75, 3.05) is 5.32 Å². The first-order valence-electron chi connectivity index (χ1n) is 8.37. The maximum atomic E-state index is 11.0. The van der Waals surface area contributed by atoms with Crippen LogP contribution in [0.4, 0.5) is 5.82 Å². The maximum absolute atomic E-state index is 11.0. The quantitative estimate of drug-likeness (QED) is 0.481. The molecule has 0 atom stereocenters. The number of nitrogens with one attached hydrogen (secondary N) is 1. The number of rotatable bonds is 5. The van der Waals surface area contributed by atoms with Crippen molar-refractivity contribution in [3.63, 3.8) is 0 Å². The SMILES string of the molecule is O=C(O)c1ccc(-c2cnc3ccc(NCc4ccc(Cl)c(Cl)c4)nn23)cc1. The minimum Gasteiger partial charge on any atom is -0.478 e. The number of nitrogens with zero attached hydrogens (tertiary/aromatic N) is 3. The molecule has 0 spiro atoms. The predicted octanol–water partition coefficient (Wildman–Crippen LogP) is 5.01. The predicted molar refractivity (Wildman–Crippen MR) is 109 cm³/mol. The van der Waals surface area contributed by atoms with Gasteiger partial charge in [0.15, 0.2) is 5.65 Å². The molecule has 4 rings (SSSR count). The van der Waals surface area contributed by atoms with Crippen LogP contribution in [0.1, 0.15) is 15.9 Å². The summed E-state index contributed by atoms with van der Waals surface area (Å²) >= 11 is 12.0. The van der Waals surface area contributed by atoms with E-state index >= 15 is 0 Å². The van der Waals surface area contributed by atoms with Gasteiger partial charge in [0.2, 0.25) is 0 Å². The van der Waals surface area contributed by atoms with Crippen molar-refractivity contribution in [2.45, 2.75) is 6.54 Å². The summed E-state index contributed by atoms with van der Waals surface area (Å²) in [5, 5.41) is 17.9. The third-order valence-corrected chi connectivity index (χ3v) is 4.99. The lowest BCUT2D eigenvalue weighted by atomic mass is 10.1. The minimum absolute atomic E-state index is 0.231. The molecule has 2 N–H and O–H groups in total. The molecule has 0 aliphatic heterocycles. The molecular weight excluding hydrogens is 399 g/mol. The molecule has 0 amide bonds. The summed E-state index contributed by atoms with van der Waals surface area (Å²) in [4.78, 5) is 15.4. The van der Waals surface area contributed by atoms with E-state index in [1.807, 2.05) is 24.3 Å². The van der Waals surface area contributed by atoms with Gasteiger partial charge in [-0.15, -0.1) is 5.10 Å². The number of hydrogen-bond donors (Lipinski definition) is 2. The van der Waals surface area contributed by atoms with Crippen molar-refractivity contribution in [3.8, 4) is 11.3 Å². The Hall–Kier alpha value is -3.09. The zero-order chi connectivity index (χ0) is 19.7. The third-order valence-electron chi connectivity index (χ3n) is 4.25. The highest BCUT2D eigenvalue weighted by atomic mass is 35.5. The molecule has 0 saturated carbocycles. The molecular formula is C20H14Cl2N4O2. The average Bonchev–Trinajstić information content (AvgIpc) is 3.12. The van der Waals surface area contributed by atoms with Gasteiger partial charge in [0.1, 0.15) is 5.82 Å². The van der Waals surface area contributed by atoms with Gasteiger partial charge in [-0.05, 0) is 42.0 Å². The van der Waals surface area contributed by atoms with Crippen LogP contribution >= 0.6 is 23.2 Å². The molecule has 0 aliphatic rings. The van der Waals surface area contributed by atoms with Crippen molar-refractivity contribution >= 4 is 40.6 Å². The Bertz CT molecular complexity index is 1170. The van der Waals surface area contributed by atoms with Gasteiger partial charge in [0.25, 0.3) is 0 Å². The Labute approximate surface area is 170 Å². The molecule has 0 fully saturated rings. The second-order valence-corrected chi connectivity index (χ2v) is 6.93. The van der Waals surface area contributed by atoms with E-state index in [-0.39, 0.29) is 5.56 Å². The molecule has 4 aromatic rings. The van der Waals surface area contributed by atoms with Gasteiger partial charge in [0, 0.05) is 12.1 Å². The standard InChI is InChI=1S/C20H14Cl2N4O2/c21-15-6-1-12(9-16(15)22)10-23-18-7-8-19-24-11-17(26(19)25-18)13-2-4-14(5-3-13)20(27)28/h1-9,11H,10H2,(H,23,25)(H,27,28). The number of aromatic carboxylic acids is 1. The normalized spacial score (nSPS) is 10.9. The highest BCUT2D eigenvalue weighted by molar-refractivity contribution is 6.42. The smallest absolute Gasteiger partial charge is 0.335 e. The van der Waals surface area contributed by atoms with E-state index in [1.54, 1.807) is 41.0 Å². The minimum atomic E-state index is -0.961. The topological polar surface area (TPSA) is 79.5 Å². The van der Waals surface area contributed by atoms with Crippen LogP contribution in [0.2, 0.25) is 10.0 Å². The van der Waals surface area contributed by atoms with Gasteiger partial charge >= 0.3 is 5.97 Å². The first-order chi connectivity index (χ1) is 13.5. The van der Waals surface area contributed by atoms with Gasteiger partial charge in [-0.25, -0.2) is 14.3 Å². The van der Waals surface area contributed by atoms with Crippen LogP contribution in [-0.4, -0.2) is 25.7 Å². The van der Waals surface area contributed by atoms with Gasteiger partial charge < -0.3 is 10.4 Å². The molecule has 2 heterocycles. The van der Waals surface area contributed by atoms with Crippen LogP contribution in [0.25, 0.3) is 16.9 Å². The van der Waals surface area contributed by atoms with Gasteiger partial charge in [-0.1, -0.05) is 41.4 Å².